The first-order valence-corrected chi connectivity index (χ1v) is 12.3. The van der Waals surface area contributed by atoms with E-state index in [2.05, 4.69) is 9.89 Å². The van der Waals surface area contributed by atoms with Crippen LogP contribution >= 0.6 is 12.2 Å². The number of hydrogen-bond acceptors (Lipinski definition) is 6. The maximum absolute atomic E-state index is 13.1. The molecule has 2 fully saturated rings. The number of unbranched alkanes of at least 4 members (excludes halogenated alkanes) is 2. The molecule has 0 spiro atoms. The molecule has 1 aliphatic carbocycles. The van der Waals surface area contributed by atoms with Crippen molar-refractivity contribution in [2.24, 2.45) is 10.9 Å². The van der Waals surface area contributed by atoms with Gasteiger partial charge in [-0.3, -0.25) is 14.5 Å². The summed E-state index contributed by atoms with van der Waals surface area (Å²) < 4.78 is 23.9. The van der Waals surface area contributed by atoms with Crippen molar-refractivity contribution in [1.29, 1.82) is 0 Å². The quantitative estimate of drug-likeness (QED) is 0.425. The van der Waals surface area contributed by atoms with Gasteiger partial charge in [0.25, 0.3) is 0 Å². The summed E-state index contributed by atoms with van der Waals surface area (Å²) in [5, 5.41) is 0.268. The summed E-state index contributed by atoms with van der Waals surface area (Å²) in [5.74, 6) is 0.462. The fourth-order valence-electron chi connectivity index (χ4n) is 4.69. The third kappa shape index (κ3) is 5.07. The fourth-order valence-corrected chi connectivity index (χ4v) is 4.97. The molecule has 10 heteroatoms. The van der Waals surface area contributed by atoms with Gasteiger partial charge in [0.2, 0.25) is 23.7 Å². The van der Waals surface area contributed by atoms with E-state index in [0.717, 1.165) is 38.0 Å². The van der Waals surface area contributed by atoms with Crippen molar-refractivity contribution >= 4 is 40.5 Å². The van der Waals surface area contributed by atoms with Crippen LogP contribution < -0.4 is 4.90 Å². The highest BCUT2D eigenvalue weighted by Gasteiger charge is 2.38. The van der Waals surface area contributed by atoms with Crippen LogP contribution in [0.25, 0.3) is 0 Å². The number of amides is 2. The number of benzene rings is 1. The molecule has 0 N–H and O–H groups in total. The lowest BCUT2D eigenvalue weighted by Crippen LogP contribution is -2.48. The minimum atomic E-state index is -0.502. The van der Waals surface area contributed by atoms with Gasteiger partial charge in [-0.25, -0.2) is 9.38 Å². The second kappa shape index (κ2) is 10.2. The van der Waals surface area contributed by atoms with Crippen LogP contribution in [0, 0.1) is 11.7 Å². The molecule has 0 aromatic heterocycles. The second-order valence-corrected chi connectivity index (χ2v) is 9.25. The first-order valence-electron chi connectivity index (χ1n) is 11.9. The van der Waals surface area contributed by atoms with Crippen LogP contribution in [0.5, 0.6) is 0 Å². The predicted octanol–water partition coefficient (Wildman–Crippen LogP) is 3.00. The number of fused-ring (bicyclic) bond motifs is 2. The van der Waals surface area contributed by atoms with Crippen LogP contribution in [-0.2, 0) is 19.1 Å². The average molecular weight is 499 g/mol. The predicted molar refractivity (Wildman–Crippen MR) is 132 cm³/mol. The third-order valence-corrected chi connectivity index (χ3v) is 6.98. The molecule has 1 aromatic rings. The Balaban J connectivity index is 1.03. The number of anilines is 1. The fraction of sp³-hybridized carbons (Fsp3) is 0.440. The highest BCUT2D eigenvalue weighted by molar-refractivity contribution is 7.80. The van der Waals surface area contributed by atoms with Crippen LogP contribution in [-0.4, -0.2) is 72.0 Å². The molecule has 0 bridgehead atoms. The number of halogens is 1. The molecule has 1 aromatic carbocycles. The van der Waals surface area contributed by atoms with Crippen LogP contribution in [0.2, 0.25) is 0 Å². The monoisotopic (exact) mass is 498 g/mol. The zero-order chi connectivity index (χ0) is 24.4. The number of carbonyl (C=O) groups excluding carboxylic acids is 2. The van der Waals surface area contributed by atoms with Crippen molar-refractivity contribution < 1.29 is 23.5 Å². The molecule has 4 aliphatic rings. The van der Waals surface area contributed by atoms with E-state index in [9.17, 15) is 14.0 Å². The van der Waals surface area contributed by atoms with Gasteiger partial charge in [-0.1, -0.05) is 6.42 Å². The Morgan fingerprint density at radius 1 is 1.06 bits per heavy atom. The lowest BCUT2D eigenvalue weighted by Gasteiger charge is -2.36. The lowest BCUT2D eigenvalue weighted by molar-refractivity contribution is -0.132. The summed E-state index contributed by atoms with van der Waals surface area (Å²) in [6.45, 7) is 3.41. The SMILES string of the molecule is O=C(CCCCCN1C(=O)C2C=C3OCOC3=CC2=NC1=S)N1CCN(c2ccc(F)cc2)CC1. The molecule has 2 saturated heterocycles. The zero-order valence-electron chi connectivity index (χ0n) is 19.3. The van der Waals surface area contributed by atoms with E-state index in [1.54, 1.807) is 29.2 Å². The third-order valence-electron chi connectivity index (χ3n) is 6.67. The van der Waals surface area contributed by atoms with E-state index >= 15 is 0 Å². The lowest BCUT2D eigenvalue weighted by atomic mass is 9.93. The first kappa shape index (κ1) is 23.5. The van der Waals surface area contributed by atoms with Gasteiger partial charge in [-0.15, -0.1) is 0 Å². The van der Waals surface area contributed by atoms with Crippen LogP contribution in [0.4, 0.5) is 10.1 Å². The van der Waals surface area contributed by atoms with Gasteiger partial charge in [0.15, 0.2) is 11.5 Å². The summed E-state index contributed by atoms with van der Waals surface area (Å²) in [6.07, 6.45) is 6.26. The molecular formula is C25H27FN4O4S. The number of ether oxygens (including phenoxy) is 2. The Morgan fingerprint density at radius 3 is 2.57 bits per heavy atom. The molecule has 3 heterocycles. The highest BCUT2D eigenvalue weighted by atomic mass is 32.1. The van der Waals surface area contributed by atoms with Gasteiger partial charge in [-0.2, -0.15) is 0 Å². The number of nitrogens with zero attached hydrogens (tertiary/aromatic N) is 4. The van der Waals surface area contributed by atoms with E-state index in [0.29, 0.717) is 43.3 Å². The normalized spacial score (nSPS) is 21.5. The summed E-state index contributed by atoms with van der Waals surface area (Å²) in [5.41, 5.74) is 1.57. The topological polar surface area (TPSA) is 74.7 Å². The Morgan fingerprint density at radius 2 is 1.80 bits per heavy atom. The molecule has 8 nitrogen and oxygen atoms in total. The number of aliphatic imine (C=N–C) groups is 1. The molecular weight excluding hydrogens is 471 g/mol. The van der Waals surface area contributed by atoms with E-state index in [1.807, 2.05) is 4.90 Å². The maximum atomic E-state index is 13.1. The Labute approximate surface area is 208 Å². The van der Waals surface area contributed by atoms with Crippen molar-refractivity contribution in [2.75, 3.05) is 44.4 Å². The molecule has 2 amide bonds. The van der Waals surface area contributed by atoms with Crippen LogP contribution in [0.3, 0.4) is 0 Å². The summed E-state index contributed by atoms with van der Waals surface area (Å²) in [7, 11) is 0. The molecule has 3 aliphatic heterocycles. The maximum Gasteiger partial charge on any atom is 0.241 e. The standard InChI is InChI=1S/C25H27FN4O4S/c26-17-5-7-18(8-6-17)28-10-12-29(13-11-28)23(31)4-2-1-3-9-30-24(32)19-14-21-22(34-16-33-21)15-20(19)27-25(30)35/h5-8,14-15,19H,1-4,9-13,16H2. The number of piperazine rings is 1. The Bertz CT molecular complexity index is 1110. The van der Waals surface area contributed by atoms with Crippen molar-refractivity contribution in [3.8, 4) is 0 Å². The van der Waals surface area contributed by atoms with Crippen molar-refractivity contribution in [3.05, 3.63) is 53.8 Å². The molecule has 1 unspecified atom stereocenters. The smallest absolute Gasteiger partial charge is 0.241 e. The van der Waals surface area contributed by atoms with Crippen molar-refractivity contribution in [2.45, 2.75) is 25.7 Å². The first-order chi connectivity index (χ1) is 17.0. The van der Waals surface area contributed by atoms with E-state index in [4.69, 9.17) is 21.7 Å². The summed E-state index contributed by atoms with van der Waals surface area (Å²) >= 11 is 5.36. The summed E-state index contributed by atoms with van der Waals surface area (Å²) in [6, 6.07) is 6.46. The number of allylic oxidation sites excluding steroid dienone is 1. The zero-order valence-corrected chi connectivity index (χ0v) is 20.1. The number of hydrogen-bond donors (Lipinski definition) is 0. The molecule has 1 atom stereocenters. The molecule has 0 radical (unpaired) electrons. The van der Waals surface area contributed by atoms with E-state index in [1.165, 1.54) is 12.1 Å². The van der Waals surface area contributed by atoms with Gasteiger partial charge in [0, 0.05) is 50.9 Å². The van der Waals surface area contributed by atoms with Gasteiger partial charge in [0.1, 0.15) is 11.7 Å². The van der Waals surface area contributed by atoms with Crippen molar-refractivity contribution in [3.63, 3.8) is 0 Å². The second-order valence-electron chi connectivity index (χ2n) is 8.89. The van der Waals surface area contributed by atoms with Crippen molar-refractivity contribution in [1.82, 2.24) is 9.80 Å². The van der Waals surface area contributed by atoms with E-state index < -0.39 is 5.92 Å². The summed E-state index contributed by atoms with van der Waals surface area (Å²) in [4.78, 5) is 35.7. The average Bonchev–Trinajstić information content (AvgIpc) is 3.32. The van der Waals surface area contributed by atoms with Gasteiger partial charge in [-0.05, 0) is 55.4 Å². The van der Waals surface area contributed by atoms with Gasteiger partial charge < -0.3 is 19.3 Å². The molecule has 35 heavy (non-hydrogen) atoms. The van der Waals surface area contributed by atoms with Crippen LogP contribution in [0.15, 0.2) is 52.9 Å². The highest BCUT2D eigenvalue weighted by Crippen LogP contribution is 2.31. The number of carbonyl (C=O) groups is 2. The Kier molecular flexibility index (Phi) is 6.81. The number of rotatable bonds is 7. The molecule has 0 saturated carbocycles. The van der Waals surface area contributed by atoms with Gasteiger partial charge >= 0.3 is 0 Å². The largest absolute Gasteiger partial charge is 0.454 e. The number of thiocarbonyl (C=S) groups is 1. The minimum Gasteiger partial charge on any atom is -0.454 e. The van der Waals surface area contributed by atoms with Gasteiger partial charge in [0.05, 0.1) is 5.71 Å². The molecule has 184 valence electrons. The minimum absolute atomic E-state index is 0.103. The Hall–Kier alpha value is -3.27. The molecule has 5 rings (SSSR count). The van der Waals surface area contributed by atoms with E-state index in [-0.39, 0.29) is 29.5 Å². The van der Waals surface area contributed by atoms with Crippen LogP contribution in [0.1, 0.15) is 25.7 Å².